The van der Waals surface area contributed by atoms with Gasteiger partial charge >= 0.3 is 0 Å². The molecule has 2 aromatic carbocycles. The number of nitrogens with zero attached hydrogens (tertiary/aromatic N) is 1. The lowest BCUT2D eigenvalue weighted by molar-refractivity contribution is -0.129. The van der Waals surface area contributed by atoms with E-state index in [2.05, 4.69) is 10.5 Å². The number of amides is 1. The van der Waals surface area contributed by atoms with Gasteiger partial charge in [0.1, 0.15) is 5.75 Å². The van der Waals surface area contributed by atoms with E-state index in [0.29, 0.717) is 16.8 Å². The Kier molecular flexibility index (Phi) is 4.68. The summed E-state index contributed by atoms with van der Waals surface area (Å²) in [6.07, 6.45) is -1.27. The van der Waals surface area contributed by atoms with Crippen LogP contribution in [-0.4, -0.2) is 21.8 Å². The number of phenols is 1. The normalized spacial score (nSPS) is 12.8. The number of rotatable bonds is 4. The lowest BCUT2D eigenvalue weighted by Crippen LogP contribution is -2.26. The molecule has 1 atom stereocenters. The summed E-state index contributed by atoms with van der Waals surface area (Å²) >= 11 is 0. The highest BCUT2D eigenvalue weighted by atomic mass is 16.3. The lowest BCUT2D eigenvalue weighted by Gasteiger charge is -2.09. The molecule has 0 fully saturated rings. The Bertz CT molecular complexity index is 654. The van der Waals surface area contributed by atoms with E-state index in [9.17, 15) is 15.0 Å². The van der Waals surface area contributed by atoms with Gasteiger partial charge in [0.25, 0.3) is 5.91 Å². The highest BCUT2D eigenvalue weighted by Crippen LogP contribution is 2.13. The molecule has 0 aliphatic carbocycles. The average molecular weight is 284 g/mol. The molecule has 21 heavy (non-hydrogen) atoms. The molecule has 0 spiro atoms. The molecular formula is C16H16N2O3. The molecule has 0 radical (unpaired) electrons. The molecule has 0 saturated heterocycles. The van der Waals surface area contributed by atoms with Gasteiger partial charge in [-0.2, -0.15) is 5.10 Å². The third-order valence-corrected chi connectivity index (χ3v) is 2.96. The molecule has 0 saturated carbocycles. The Morgan fingerprint density at radius 3 is 2.52 bits per heavy atom. The topological polar surface area (TPSA) is 81.9 Å². The predicted octanol–water partition coefficient (Wildman–Crippen LogP) is 1.97. The molecule has 0 aliphatic rings. The molecule has 0 heterocycles. The Morgan fingerprint density at radius 2 is 1.86 bits per heavy atom. The van der Waals surface area contributed by atoms with E-state index in [1.54, 1.807) is 61.5 Å². The van der Waals surface area contributed by atoms with E-state index < -0.39 is 12.0 Å². The van der Waals surface area contributed by atoms with Gasteiger partial charge in [0.05, 0.1) is 5.71 Å². The fourth-order valence-corrected chi connectivity index (χ4v) is 1.78. The first kappa shape index (κ1) is 14.7. The van der Waals surface area contributed by atoms with E-state index in [0.717, 1.165) is 0 Å². The standard InChI is InChI=1S/C16H16N2O3/c1-11(13-8-5-9-14(19)10-13)17-18-16(21)15(20)12-6-3-2-4-7-12/h2-10,15,19-20H,1H3,(H,18,21). The molecule has 3 N–H and O–H groups in total. The number of phenolic OH excluding ortho intramolecular Hbond substituents is 1. The second kappa shape index (κ2) is 6.67. The molecule has 1 amide bonds. The number of aliphatic hydroxyl groups excluding tert-OH is 1. The van der Waals surface area contributed by atoms with Gasteiger partial charge in [0.2, 0.25) is 0 Å². The van der Waals surface area contributed by atoms with Crippen molar-refractivity contribution < 1.29 is 15.0 Å². The fraction of sp³-hybridized carbons (Fsp3) is 0.125. The summed E-state index contributed by atoms with van der Waals surface area (Å²) in [5.41, 5.74) is 4.03. The number of nitrogens with one attached hydrogen (secondary N) is 1. The molecule has 0 aliphatic heterocycles. The first-order valence-corrected chi connectivity index (χ1v) is 6.44. The maximum absolute atomic E-state index is 11.8. The van der Waals surface area contributed by atoms with Gasteiger partial charge in [-0.15, -0.1) is 0 Å². The average Bonchev–Trinajstić information content (AvgIpc) is 2.52. The molecule has 0 aromatic heterocycles. The van der Waals surface area contributed by atoms with Crippen LogP contribution in [-0.2, 0) is 4.79 Å². The number of aromatic hydroxyl groups is 1. The monoisotopic (exact) mass is 284 g/mol. The molecule has 0 bridgehead atoms. The minimum Gasteiger partial charge on any atom is -0.508 e. The van der Waals surface area contributed by atoms with Crippen LogP contribution in [0.2, 0.25) is 0 Å². The molecule has 2 aromatic rings. The number of hydrazone groups is 1. The van der Waals surface area contributed by atoms with Gasteiger partial charge in [0.15, 0.2) is 6.10 Å². The minimum atomic E-state index is -1.27. The van der Waals surface area contributed by atoms with Gasteiger partial charge < -0.3 is 10.2 Å². The van der Waals surface area contributed by atoms with Crippen molar-refractivity contribution in [1.29, 1.82) is 0 Å². The SMILES string of the molecule is CC(=NNC(=O)C(O)c1ccccc1)c1cccc(O)c1. The Balaban J connectivity index is 2.05. The Labute approximate surface area is 122 Å². The maximum atomic E-state index is 11.8. The first-order chi connectivity index (χ1) is 10.1. The quantitative estimate of drug-likeness (QED) is 0.593. The molecule has 5 nitrogen and oxygen atoms in total. The van der Waals surface area contributed by atoms with E-state index in [1.807, 2.05) is 0 Å². The summed E-state index contributed by atoms with van der Waals surface area (Å²) in [4.78, 5) is 11.8. The number of hydrogen-bond donors (Lipinski definition) is 3. The second-order valence-corrected chi connectivity index (χ2v) is 4.54. The van der Waals surface area contributed by atoms with Gasteiger partial charge in [-0.05, 0) is 24.6 Å². The second-order valence-electron chi connectivity index (χ2n) is 4.54. The van der Waals surface area contributed by atoms with Crippen LogP contribution in [0.25, 0.3) is 0 Å². The fourth-order valence-electron chi connectivity index (χ4n) is 1.78. The summed E-state index contributed by atoms with van der Waals surface area (Å²) in [7, 11) is 0. The zero-order valence-corrected chi connectivity index (χ0v) is 11.5. The Morgan fingerprint density at radius 1 is 1.14 bits per heavy atom. The largest absolute Gasteiger partial charge is 0.508 e. The van der Waals surface area contributed by atoms with Crippen molar-refractivity contribution in [2.75, 3.05) is 0 Å². The summed E-state index contributed by atoms with van der Waals surface area (Å²) in [5, 5.41) is 23.2. The first-order valence-electron chi connectivity index (χ1n) is 6.44. The van der Waals surface area contributed by atoms with Crippen LogP contribution in [0.3, 0.4) is 0 Å². The Hall–Kier alpha value is -2.66. The third kappa shape index (κ3) is 3.90. The van der Waals surface area contributed by atoms with E-state index >= 15 is 0 Å². The van der Waals surface area contributed by atoms with Crippen molar-refractivity contribution in [2.24, 2.45) is 5.10 Å². The number of hydrogen-bond acceptors (Lipinski definition) is 4. The van der Waals surface area contributed by atoms with Crippen LogP contribution in [0.1, 0.15) is 24.2 Å². The van der Waals surface area contributed by atoms with E-state index in [4.69, 9.17) is 0 Å². The van der Waals surface area contributed by atoms with Crippen LogP contribution in [0.15, 0.2) is 59.7 Å². The molecule has 108 valence electrons. The minimum absolute atomic E-state index is 0.123. The summed E-state index contributed by atoms with van der Waals surface area (Å²) in [6, 6.07) is 15.2. The van der Waals surface area contributed by atoms with Crippen molar-refractivity contribution in [3.63, 3.8) is 0 Å². The molecule has 5 heteroatoms. The van der Waals surface area contributed by atoms with Crippen molar-refractivity contribution in [2.45, 2.75) is 13.0 Å². The number of aliphatic hydroxyl groups is 1. The van der Waals surface area contributed by atoms with Crippen molar-refractivity contribution in [3.05, 3.63) is 65.7 Å². The number of benzene rings is 2. The highest BCUT2D eigenvalue weighted by Gasteiger charge is 2.16. The zero-order valence-electron chi connectivity index (χ0n) is 11.5. The van der Waals surface area contributed by atoms with Crippen molar-refractivity contribution in [1.82, 2.24) is 5.43 Å². The summed E-state index contributed by atoms with van der Waals surface area (Å²) in [6.45, 7) is 1.70. The smallest absolute Gasteiger partial charge is 0.273 e. The van der Waals surface area contributed by atoms with Crippen LogP contribution in [0.5, 0.6) is 5.75 Å². The van der Waals surface area contributed by atoms with Crippen LogP contribution in [0, 0.1) is 0 Å². The zero-order chi connectivity index (χ0) is 15.2. The maximum Gasteiger partial charge on any atom is 0.273 e. The highest BCUT2D eigenvalue weighted by molar-refractivity contribution is 5.99. The molecule has 2 rings (SSSR count). The summed E-state index contributed by atoms with van der Waals surface area (Å²) in [5.74, 6) is -0.488. The number of carbonyl (C=O) groups excluding carboxylic acids is 1. The van der Waals surface area contributed by atoms with Gasteiger partial charge in [-0.3, -0.25) is 4.79 Å². The van der Waals surface area contributed by atoms with Crippen molar-refractivity contribution in [3.8, 4) is 5.75 Å². The van der Waals surface area contributed by atoms with Gasteiger partial charge in [0, 0.05) is 5.56 Å². The molecular weight excluding hydrogens is 268 g/mol. The van der Waals surface area contributed by atoms with E-state index in [-0.39, 0.29) is 5.75 Å². The molecule has 1 unspecified atom stereocenters. The van der Waals surface area contributed by atoms with Gasteiger partial charge in [-0.25, -0.2) is 5.43 Å². The summed E-state index contributed by atoms with van der Waals surface area (Å²) < 4.78 is 0. The van der Waals surface area contributed by atoms with E-state index in [1.165, 1.54) is 0 Å². The third-order valence-electron chi connectivity index (χ3n) is 2.96. The van der Waals surface area contributed by atoms with Crippen LogP contribution >= 0.6 is 0 Å². The van der Waals surface area contributed by atoms with Crippen molar-refractivity contribution >= 4 is 11.6 Å². The van der Waals surface area contributed by atoms with Gasteiger partial charge in [-0.1, -0.05) is 42.5 Å². The predicted molar refractivity (Wildman–Crippen MR) is 79.9 cm³/mol. The number of carbonyl (C=O) groups is 1. The lowest BCUT2D eigenvalue weighted by atomic mass is 10.1. The van der Waals surface area contributed by atoms with Crippen LogP contribution < -0.4 is 5.43 Å². The van der Waals surface area contributed by atoms with Crippen LogP contribution in [0.4, 0.5) is 0 Å².